The van der Waals surface area contributed by atoms with E-state index in [9.17, 15) is 8.78 Å². The highest BCUT2D eigenvalue weighted by molar-refractivity contribution is 5.87. The number of fused-ring (bicyclic) bond motifs is 3. The molecule has 2 aromatic rings. The molecule has 0 bridgehead atoms. The van der Waals surface area contributed by atoms with E-state index >= 15 is 0 Å². The molecule has 3 rings (SSSR count). The van der Waals surface area contributed by atoms with E-state index in [0.29, 0.717) is 5.39 Å². The first-order chi connectivity index (χ1) is 7.27. The van der Waals surface area contributed by atoms with Crippen molar-refractivity contribution in [2.75, 3.05) is 0 Å². The van der Waals surface area contributed by atoms with Crippen LogP contribution in [0.4, 0.5) is 8.78 Å². The number of hydrogen-bond acceptors (Lipinski definition) is 0. The fraction of sp³-hybridized carbons (Fsp3) is 0.333. The molecule has 0 amide bonds. The minimum absolute atomic E-state index is 0.125. The van der Waals surface area contributed by atoms with E-state index in [1.165, 1.54) is 17.3 Å². The van der Waals surface area contributed by atoms with Gasteiger partial charge in [0.2, 0.25) is 0 Å². The summed E-state index contributed by atoms with van der Waals surface area (Å²) in [4.78, 5) is 2.99. The zero-order valence-electron chi connectivity index (χ0n) is 8.19. The van der Waals surface area contributed by atoms with Crippen LogP contribution in [0.3, 0.4) is 0 Å². The normalized spacial score (nSPS) is 15.1. The Hall–Kier alpha value is -1.38. The second kappa shape index (κ2) is 3.05. The molecule has 1 aromatic heterocycles. The van der Waals surface area contributed by atoms with Gasteiger partial charge in [-0.15, -0.1) is 0 Å². The van der Waals surface area contributed by atoms with Crippen molar-refractivity contribution in [2.45, 2.75) is 25.7 Å². The van der Waals surface area contributed by atoms with Crippen LogP contribution in [-0.2, 0) is 12.8 Å². The van der Waals surface area contributed by atoms with Gasteiger partial charge in [0.25, 0.3) is 6.43 Å². The first-order valence-electron chi connectivity index (χ1n) is 5.17. The van der Waals surface area contributed by atoms with E-state index in [2.05, 4.69) is 4.98 Å². The molecule has 0 atom stereocenters. The van der Waals surface area contributed by atoms with Gasteiger partial charge in [0.05, 0.1) is 0 Å². The minimum Gasteiger partial charge on any atom is -0.360 e. The van der Waals surface area contributed by atoms with Crippen LogP contribution in [0.5, 0.6) is 0 Å². The Morgan fingerprint density at radius 1 is 1.20 bits per heavy atom. The van der Waals surface area contributed by atoms with Crippen LogP contribution in [0.2, 0.25) is 0 Å². The fourth-order valence-electron chi connectivity index (χ4n) is 2.48. The van der Waals surface area contributed by atoms with Gasteiger partial charge in [-0.1, -0.05) is 12.1 Å². The SMILES string of the molecule is FC(F)c1c[nH]c2c3c(ccc12)CCC3. The molecule has 0 radical (unpaired) electrons. The number of aromatic amines is 1. The minimum atomic E-state index is -2.39. The topological polar surface area (TPSA) is 15.8 Å². The van der Waals surface area contributed by atoms with Gasteiger partial charge in [-0.3, -0.25) is 0 Å². The number of aryl methyl sites for hydroxylation is 2. The van der Waals surface area contributed by atoms with Gasteiger partial charge in [0.15, 0.2) is 0 Å². The second-order valence-electron chi connectivity index (χ2n) is 4.02. The van der Waals surface area contributed by atoms with Crippen molar-refractivity contribution in [1.82, 2.24) is 4.98 Å². The summed E-state index contributed by atoms with van der Waals surface area (Å²) in [7, 11) is 0. The van der Waals surface area contributed by atoms with Gasteiger partial charge in [0, 0.05) is 22.7 Å². The Morgan fingerprint density at radius 2 is 2.07 bits per heavy atom. The first kappa shape index (κ1) is 8.89. The number of nitrogens with one attached hydrogen (secondary N) is 1. The number of H-pyrrole nitrogens is 1. The molecule has 15 heavy (non-hydrogen) atoms. The van der Waals surface area contributed by atoms with Gasteiger partial charge < -0.3 is 4.98 Å². The molecule has 1 nitrogen and oxygen atoms in total. The summed E-state index contributed by atoms with van der Waals surface area (Å²) in [5.74, 6) is 0. The maximum absolute atomic E-state index is 12.7. The molecule has 1 aliphatic rings. The monoisotopic (exact) mass is 207 g/mol. The van der Waals surface area contributed by atoms with Crippen LogP contribution >= 0.6 is 0 Å². The summed E-state index contributed by atoms with van der Waals surface area (Å²) in [6.07, 6.45) is 2.27. The van der Waals surface area contributed by atoms with Crippen molar-refractivity contribution in [1.29, 1.82) is 0 Å². The largest absolute Gasteiger partial charge is 0.360 e. The number of hydrogen-bond donors (Lipinski definition) is 1. The molecule has 3 heteroatoms. The Balaban J connectivity index is 2.30. The molecule has 78 valence electrons. The molecular weight excluding hydrogens is 196 g/mol. The third kappa shape index (κ3) is 1.19. The molecule has 0 unspecified atom stereocenters. The van der Waals surface area contributed by atoms with Crippen LogP contribution in [-0.4, -0.2) is 4.98 Å². The van der Waals surface area contributed by atoms with Crippen molar-refractivity contribution in [3.63, 3.8) is 0 Å². The highest BCUT2D eigenvalue weighted by Crippen LogP contribution is 2.34. The molecular formula is C12H11F2N. The lowest BCUT2D eigenvalue weighted by atomic mass is 10.1. The van der Waals surface area contributed by atoms with E-state index in [-0.39, 0.29) is 5.56 Å². The Morgan fingerprint density at radius 3 is 2.87 bits per heavy atom. The lowest BCUT2D eigenvalue weighted by molar-refractivity contribution is 0.153. The van der Waals surface area contributed by atoms with Crippen LogP contribution in [0.25, 0.3) is 10.9 Å². The maximum atomic E-state index is 12.7. The third-order valence-electron chi connectivity index (χ3n) is 3.20. The molecule has 0 spiro atoms. The second-order valence-corrected chi connectivity index (χ2v) is 4.02. The zero-order chi connectivity index (χ0) is 10.4. The van der Waals surface area contributed by atoms with E-state index in [1.807, 2.05) is 12.1 Å². The molecule has 1 aromatic carbocycles. The summed E-state index contributed by atoms with van der Waals surface area (Å²) in [6, 6.07) is 3.81. The zero-order valence-corrected chi connectivity index (χ0v) is 8.19. The third-order valence-corrected chi connectivity index (χ3v) is 3.20. The molecule has 1 aliphatic carbocycles. The van der Waals surface area contributed by atoms with Crippen LogP contribution in [0.15, 0.2) is 18.3 Å². The highest BCUT2D eigenvalue weighted by atomic mass is 19.3. The summed E-state index contributed by atoms with van der Waals surface area (Å²) in [5.41, 5.74) is 3.59. The molecule has 0 saturated heterocycles. The van der Waals surface area contributed by atoms with Crippen LogP contribution in [0.1, 0.15) is 29.5 Å². The van der Waals surface area contributed by atoms with Gasteiger partial charge in [0.1, 0.15) is 0 Å². The van der Waals surface area contributed by atoms with Crippen molar-refractivity contribution >= 4 is 10.9 Å². The van der Waals surface area contributed by atoms with E-state index in [1.54, 1.807) is 0 Å². The average molecular weight is 207 g/mol. The lowest BCUT2D eigenvalue weighted by Gasteiger charge is -2.01. The summed E-state index contributed by atoms with van der Waals surface area (Å²) < 4.78 is 25.3. The number of alkyl halides is 2. The number of rotatable bonds is 1. The smallest absolute Gasteiger partial charge is 0.265 e. The van der Waals surface area contributed by atoms with Gasteiger partial charge in [-0.05, 0) is 30.4 Å². The maximum Gasteiger partial charge on any atom is 0.265 e. The Bertz CT molecular complexity index is 514. The highest BCUT2D eigenvalue weighted by Gasteiger charge is 2.19. The standard InChI is InChI=1S/C12H11F2N/c13-12(14)10-6-15-11-8-3-1-2-7(8)4-5-9(10)11/h4-6,12,15H,1-3H2. The van der Waals surface area contributed by atoms with Gasteiger partial charge in [-0.2, -0.15) is 0 Å². The van der Waals surface area contributed by atoms with Crippen molar-refractivity contribution in [2.24, 2.45) is 0 Å². The van der Waals surface area contributed by atoms with Crippen LogP contribution < -0.4 is 0 Å². The molecule has 1 heterocycles. The van der Waals surface area contributed by atoms with Gasteiger partial charge >= 0.3 is 0 Å². The number of halogens is 2. The van der Waals surface area contributed by atoms with E-state index in [0.717, 1.165) is 24.8 Å². The summed E-state index contributed by atoms with van der Waals surface area (Å²) >= 11 is 0. The first-order valence-corrected chi connectivity index (χ1v) is 5.17. The van der Waals surface area contributed by atoms with E-state index < -0.39 is 6.43 Å². The van der Waals surface area contributed by atoms with Crippen LogP contribution in [0, 0.1) is 0 Å². The summed E-state index contributed by atoms with van der Waals surface area (Å²) in [6.45, 7) is 0. The Labute approximate surface area is 86.1 Å². The van der Waals surface area contributed by atoms with Gasteiger partial charge in [-0.25, -0.2) is 8.78 Å². The molecule has 0 saturated carbocycles. The van der Waals surface area contributed by atoms with E-state index in [4.69, 9.17) is 0 Å². The lowest BCUT2D eigenvalue weighted by Crippen LogP contribution is -1.85. The summed E-state index contributed by atoms with van der Waals surface area (Å²) in [5, 5.41) is 0.686. The predicted octanol–water partition coefficient (Wildman–Crippen LogP) is 3.59. The predicted molar refractivity (Wildman–Crippen MR) is 55.3 cm³/mol. The number of aromatic nitrogens is 1. The Kier molecular flexibility index (Phi) is 1.81. The number of benzene rings is 1. The molecule has 1 N–H and O–H groups in total. The molecule has 0 aliphatic heterocycles. The quantitative estimate of drug-likeness (QED) is 0.735. The average Bonchev–Trinajstić information content (AvgIpc) is 2.82. The van der Waals surface area contributed by atoms with Crippen molar-refractivity contribution < 1.29 is 8.78 Å². The fourth-order valence-corrected chi connectivity index (χ4v) is 2.48. The van der Waals surface area contributed by atoms with Crippen molar-refractivity contribution in [3.05, 3.63) is 35.0 Å². The van der Waals surface area contributed by atoms with Crippen molar-refractivity contribution in [3.8, 4) is 0 Å². The molecule has 0 fully saturated rings.